The molecule has 2 N–H and O–H groups in total. The van der Waals surface area contributed by atoms with Crippen LogP contribution in [-0.4, -0.2) is 49.9 Å². The van der Waals surface area contributed by atoms with Gasteiger partial charge < -0.3 is 24.8 Å². The Morgan fingerprint density at radius 3 is 2.10 bits per heavy atom. The summed E-state index contributed by atoms with van der Waals surface area (Å²) in [6, 6.07) is 4.04. The fourth-order valence-corrected chi connectivity index (χ4v) is 2.28. The third kappa shape index (κ3) is 5.10. The molecule has 0 radical (unpaired) electrons. The van der Waals surface area contributed by atoms with Gasteiger partial charge in [-0.15, -0.1) is 0 Å². The van der Waals surface area contributed by atoms with Gasteiger partial charge in [0, 0.05) is 19.1 Å². The molecule has 1 atom stereocenters. The van der Waals surface area contributed by atoms with Crippen LogP contribution in [0.1, 0.15) is 26.3 Å². The van der Waals surface area contributed by atoms with Gasteiger partial charge in [0.2, 0.25) is 5.75 Å². The molecule has 0 spiro atoms. The molecule has 0 aliphatic carbocycles. The maximum atomic E-state index is 9.90. The normalized spacial score (nSPS) is 12.5. The molecule has 0 aromatic heterocycles. The molecule has 1 aromatic carbocycles. The summed E-state index contributed by atoms with van der Waals surface area (Å²) < 4.78 is 10.3. The van der Waals surface area contributed by atoms with Gasteiger partial charge in [-0.25, -0.2) is 0 Å². The number of phenols is 1. The Kier molecular flexibility index (Phi) is 7.32. The molecule has 0 bridgehead atoms. The number of aromatic hydroxyl groups is 1. The number of nitrogens with zero attached hydrogens (tertiary/aromatic N) is 1. The first kappa shape index (κ1) is 17.6. The van der Waals surface area contributed by atoms with Gasteiger partial charge in [0.1, 0.15) is 0 Å². The lowest BCUT2D eigenvalue weighted by atomic mass is 10.1. The summed E-state index contributed by atoms with van der Waals surface area (Å²) >= 11 is 0. The van der Waals surface area contributed by atoms with Crippen LogP contribution in [0.5, 0.6) is 17.2 Å². The molecule has 0 heterocycles. The number of hydrogen-bond acceptors (Lipinski definition) is 5. The van der Waals surface area contributed by atoms with Gasteiger partial charge in [0.05, 0.1) is 14.2 Å². The molecule has 1 unspecified atom stereocenters. The lowest BCUT2D eigenvalue weighted by Crippen LogP contribution is -2.38. The fraction of sp³-hybridized carbons (Fsp3) is 0.625. The molecule has 0 amide bonds. The van der Waals surface area contributed by atoms with Crippen molar-refractivity contribution in [2.75, 3.05) is 33.9 Å². The average molecular weight is 296 g/mol. The Labute approximate surface area is 127 Å². The summed E-state index contributed by atoms with van der Waals surface area (Å²) in [5.74, 6) is 0.907. The van der Waals surface area contributed by atoms with Crippen molar-refractivity contribution in [2.24, 2.45) is 0 Å². The highest BCUT2D eigenvalue weighted by Crippen LogP contribution is 2.36. The molecule has 1 aromatic rings. The summed E-state index contributed by atoms with van der Waals surface area (Å²) in [7, 11) is 3.07. The van der Waals surface area contributed by atoms with E-state index in [2.05, 4.69) is 31.0 Å². The van der Waals surface area contributed by atoms with Crippen LogP contribution in [-0.2, 0) is 6.54 Å². The Bertz CT molecular complexity index is 409. The molecular formula is C16H28N2O3. The van der Waals surface area contributed by atoms with Crippen molar-refractivity contribution >= 4 is 0 Å². The minimum atomic E-state index is 0.0416. The van der Waals surface area contributed by atoms with E-state index in [1.54, 1.807) is 0 Å². The second-order valence-electron chi connectivity index (χ2n) is 5.12. The summed E-state index contributed by atoms with van der Waals surface area (Å²) in [6.45, 7) is 10.4. The highest BCUT2D eigenvalue weighted by molar-refractivity contribution is 5.52. The maximum absolute atomic E-state index is 9.90. The van der Waals surface area contributed by atoms with Crippen molar-refractivity contribution in [3.05, 3.63) is 17.7 Å². The van der Waals surface area contributed by atoms with Gasteiger partial charge >= 0.3 is 0 Å². The van der Waals surface area contributed by atoms with Crippen LogP contribution >= 0.6 is 0 Å². The zero-order valence-corrected chi connectivity index (χ0v) is 13.8. The largest absolute Gasteiger partial charge is 0.502 e. The van der Waals surface area contributed by atoms with Gasteiger partial charge in [-0.05, 0) is 37.7 Å². The van der Waals surface area contributed by atoms with E-state index in [9.17, 15) is 5.11 Å². The van der Waals surface area contributed by atoms with Crippen LogP contribution in [0.3, 0.4) is 0 Å². The van der Waals surface area contributed by atoms with Gasteiger partial charge in [-0.3, -0.25) is 0 Å². The van der Waals surface area contributed by atoms with Crippen molar-refractivity contribution in [1.29, 1.82) is 0 Å². The molecule has 0 saturated heterocycles. The summed E-state index contributed by atoms with van der Waals surface area (Å²) in [5, 5.41) is 13.4. The summed E-state index contributed by atoms with van der Waals surface area (Å²) in [4.78, 5) is 2.38. The van der Waals surface area contributed by atoms with E-state index in [0.29, 0.717) is 24.1 Å². The zero-order valence-electron chi connectivity index (χ0n) is 13.8. The van der Waals surface area contributed by atoms with Gasteiger partial charge in [-0.2, -0.15) is 0 Å². The lowest BCUT2D eigenvalue weighted by Gasteiger charge is -2.23. The van der Waals surface area contributed by atoms with Gasteiger partial charge in [0.25, 0.3) is 0 Å². The first-order chi connectivity index (χ1) is 10.0. The van der Waals surface area contributed by atoms with Gasteiger partial charge in [0.15, 0.2) is 11.5 Å². The molecule has 0 aliphatic heterocycles. The van der Waals surface area contributed by atoms with E-state index in [4.69, 9.17) is 9.47 Å². The minimum absolute atomic E-state index is 0.0416. The highest BCUT2D eigenvalue weighted by atomic mass is 16.5. The van der Waals surface area contributed by atoms with Crippen molar-refractivity contribution in [1.82, 2.24) is 10.2 Å². The smallest absolute Gasteiger partial charge is 0.200 e. The Hall–Kier alpha value is -1.46. The number of nitrogens with one attached hydrogen (secondary N) is 1. The number of benzene rings is 1. The molecule has 0 fully saturated rings. The van der Waals surface area contributed by atoms with Crippen molar-refractivity contribution in [3.8, 4) is 17.2 Å². The molecule has 0 aliphatic rings. The van der Waals surface area contributed by atoms with E-state index >= 15 is 0 Å². The van der Waals surface area contributed by atoms with Crippen molar-refractivity contribution in [3.63, 3.8) is 0 Å². The summed E-state index contributed by atoms with van der Waals surface area (Å²) in [5.41, 5.74) is 1.02. The van der Waals surface area contributed by atoms with Gasteiger partial charge in [-0.1, -0.05) is 13.8 Å². The molecule has 21 heavy (non-hydrogen) atoms. The molecule has 1 rings (SSSR count). The quantitative estimate of drug-likeness (QED) is 0.732. The molecular weight excluding hydrogens is 268 g/mol. The number of likely N-dealkylation sites (N-methyl/N-ethyl adjacent to an activating group) is 1. The van der Waals surface area contributed by atoms with Crippen molar-refractivity contribution < 1.29 is 14.6 Å². The molecule has 0 saturated carbocycles. The maximum Gasteiger partial charge on any atom is 0.200 e. The topological polar surface area (TPSA) is 54.0 Å². The van der Waals surface area contributed by atoms with Crippen LogP contribution in [0.15, 0.2) is 12.1 Å². The first-order valence-electron chi connectivity index (χ1n) is 7.45. The third-order valence-corrected chi connectivity index (χ3v) is 3.62. The zero-order chi connectivity index (χ0) is 15.8. The van der Waals surface area contributed by atoms with Crippen molar-refractivity contribution in [2.45, 2.75) is 33.4 Å². The average Bonchev–Trinajstić information content (AvgIpc) is 2.51. The standard InChI is InChI=1S/C16H28N2O3/c1-6-18(7-2)11-12(3)17-10-13-8-14(20-4)16(19)15(9-13)21-5/h8-9,12,17,19H,6-7,10-11H2,1-5H3. The van der Waals surface area contributed by atoms with Crippen LogP contribution < -0.4 is 14.8 Å². The Morgan fingerprint density at radius 1 is 1.14 bits per heavy atom. The predicted octanol–water partition coefficient (Wildman–Crippen LogP) is 2.23. The van der Waals surface area contributed by atoms with Crippen LogP contribution in [0.4, 0.5) is 0 Å². The first-order valence-corrected chi connectivity index (χ1v) is 7.45. The van der Waals surface area contributed by atoms with Crippen LogP contribution in [0.2, 0.25) is 0 Å². The molecule has 5 nitrogen and oxygen atoms in total. The Morgan fingerprint density at radius 2 is 1.67 bits per heavy atom. The van der Waals surface area contributed by atoms with Crippen LogP contribution in [0, 0.1) is 0 Å². The third-order valence-electron chi connectivity index (χ3n) is 3.62. The Balaban J connectivity index is 2.66. The van der Waals surface area contributed by atoms with E-state index < -0.39 is 0 Å². The second kappa shape index (κ2) is 8.74. The molecule has 120 valence electrons. The van der Waals surface area contributed by atoms with E-state index in [0.717, 1.165) is 25.2 Å². The monoisotopic (exact) mass is 296 g/mol. The summed E-state index contributed by atoms with van der Waals surface area (Å²) in [6.07, 6.45) is 0. The lowest BCUT2D eigenvalue weighted by molar-refractivity contribution is 0.270. The number of rotatable bonds is 9. The van der Waals surface area contributed by atoms with E-state index in [1.807, 2.05) is 12.1 Å². The number of hydrogen-bond donors (Lipinski definition) is 2. The number of phenolic OH excluding ortho intramolecular Hbond substituents is 1. The predicted molar refractivity (Wildman–Crippen MR) is 85.3 cm³/mol. The fourth-order valence-electron chi connectivity index (χ4n) is 2.28. The number of ether oxygens (including phenoxy) is 2. The SMILES string of the molecule is CCN(CC)CC(C)NCc1cc(OC)c(O)c(OC)c1. The van der Waals surface area contributed by atoms with E-state index in [-0.39, 0.29) is 5.75 Å². The highest BCUT2D eigenvalue weighted by Gasteiger charge is 2.12. The van der Waals surface area contributed by atoms with Crippen LogP contribution in [0.25, 0.3) is 0 Å². The number of methoxy groups -OCH3 is 2. The second-order valence-corrected chi connectivity index (χ2v) is 5.12. The minimum Gasteiger partial charge on any atom is -0.502 e. The molecule has 5 heteroatoms. The van der Waals surface area contributed by atoms with E-state index in [1.165, 1.54) is 14.2 Å².